The maximum Gasteiger partial charge on any atom is 0.132 e. The quantitative estimate of drug-likeness (QED) is 0.856. The van der Waals surface area contributed by atoms with E-state index in [4.69, 9.17) is 4.74 Å². The first-order valence-electron chi connectivity index (χ1n) is 4.85. The summed E-state index contributed by atoms with van der Waals surface area (Å²) < 4.78 is 8.08. The fraction of sp³-hybridized carbons (Fsp3) is 0.364. The Morgan fingerprint density at radius 2 is 2.33 bits per heavy atom. The number of pyridine rings is 1. The maximum atomic E-state index is 5.07. The summed E-state index contributed by atoms with van der Waals surface area (Å²) in [6.07, 6.45) is 2.86. The molecule has 15 heavy (non-hydrogen) atoms. The largest absolute Gasteiger partial charge is 0.384 e. The molecule has 0 saturated heterocycles. The summed E-state index contributed by atoms with van der Waals surface area (Å²) in [5.74, 6) is 1.03. The molecule has 4 heteroatoms. The Kier molecular flexibility index (Phi) is 3.07. The van der Waals surface area contributed by atoms with Gasteiger partial charge in [0, 0.05) is 19.7 Å². The molecule has 0 unspecified atom stereocenters. The molecule has 3 nitrogen and oxygen atoms in total. The molecular weight excluding hydrogens is 256 g/mol. The number of hydrogen-bond acceptors (Lipinski definition) is 2. The standard InChI is InChI=1S/C11H13BrN2O/c1-8-4-3-6-14-9(5-7-15-2)13-11(12)10(8)14/h3-4,6H,5,7H2,1-2H3. The molecule has 2 heterocycles. The summed E-state index contributed by atoms with van der Waals surface area (Å²) >= 11 is 3.49. The van der Waals surface area contributed by atoms with Gasteiger partial charge in [-0.15, -0.1) is 0 Å². The van der Waals surface area contributed by atoms with Gasteiger partial charge in [0.05, 0.1) is 12.1 Å². The van der Waals surface area contributed by atoms with Crippen molar-refractivity contribution in [1.29, 1.82) is 0 Å². The second-order valence-corrected chi connectivity index (χ2v) is 4.22. The second kappa shape index (κ2) is 4.33. The highest BCUT2D eigenvalue weighted by Crippen LogP contribution is 2.22. The second-order valence-electron chi connectivity index (χ2n) is 3.47. The molecule has 2 aromatic heterocycles. The lowest BCUT2D eigenvalue weighted by atomic mass is 10.2. The molecule has 0 aliphatic carbocycles. The topological polar surface area (TPSA) is 26.5 Å². The van der Waals surface area contributed by atoms with Crippen LogP contribution < -0.4 is 0 Å². The predicted octanol–water partition coefficient (Wildman–Crippen LogP) is 2.59. The Morgan fingerprint density at radius 3 is 3.07 bits per heavy atom. The van der Waals surface area contributed by atoms with Crippen LogP contribution in [0, 0.1) is 6.92 Å². The van der Waals surface area contributed by atoms with Crippen LogP contribution in [0.25, 0.3) is 5.52 Å². The van der Waals surface area contributed by atoms with Crippen molar-refractivity contribution < 1.29 is 4.74 Å². The molecule has 80 valence electrons. The van der Waals surface area contributed by atoms with E-state index in [2.05, 4.69) is 38.3 Å². The third-order valence-electron chi connectivity index (χ3n) is 2.43. The number of aromatic nitrogens is 2. The van der Waals surface area contributed by atoms with Crippen molar-refractivity contribution in [1.82, 2.24) is 9.38 Å². The minimum absolute atomic E-state index is 0.694. The number of imidazole rings is 1. The first kappa shape index (κ1) is 10.6. The zero-order valence-corrected chi connectivity index (χ0v) is 10.4. The van der Waals surface area contributed by atoms with E-state index in [0.29, 0.717) is 6.61 Å². The summed E-state index contributed by atoms with van der Waals surface area (Å²) in [5.41, 5.74) is 2.36. The van der Waals surface area contributed by atoms with Crippen molar-refractivity contribution >= 4 is 21.4 Å². The Balaban J connectivity index is 2.53. The molecule has 0 aliphatic heterocycles. The number of aryl methyl sites for hydroxylation is 1. The third-order valence-corrected chi connectivity index (χ3v) is 2.98. The maximum absolute atomic E-state index is 5.07. The van der Waals surface area contributed by atoms with Crippen LogP contribution in [0.4, 0.5) is 0 Å². The van der Waals surface area contributed by atoms with E-state index < -0.39 is 0 Å². The van der Waals surface area contributed by atoms with Crippen LogP contribution in [0.5, 0.6) is 0 Å². The molecule has 0 fully saturated rings. The third kappa shape index (κ3) is 1.92. The zero-order valence-electron chi connectivity index (χ0n) is 8.83. The minimum atomic E-state index is 0.694. The molecule has 2 rings (SSSR count). The Bertz CT molecular complexity index is 479. The summed E-state index contributed by atoms with van der Waals surface area (Å²) in [6, 6.07) is 4.12. The number of ether oxygens (including phenoxy) is 1. The van der Waals surface area contributed by atoms with Gasteiger partial charge in [-0.3, -0.25) is 0 Å². The Hall–Kier alpha value is -0.870. The van der Waals surface area contributed by atoms with Crippen LogP contribution in [0.3, 0.4) is 0 Å². The zero-order chi connectivity index (χ0) is 10.8. The molecular formula is C11H13BrN2O. The molecule has 0 bridgehead atoms. The predicted molar refractivity (Wildman–Crippen MR) is 63.2 cm³/mol. The number of rotatable bonds is 3. The highest BCUT2D eigenvalue weighted by molar-refractivity contribution is 9.10. The minimum Gasteiger partial charge on any atom is -0.384 e. The fourth-order valence-corrected chi connectivity index (χ4v) is 2.39. The SMILES string of the molecule is COCCc1nc(Br)c2c(C)cccn12. The van der Waals surface area contributed by atoms with E-state index in [-0.39, 0.29) is 0 Å². The van der Waals surface area contributed by atoms with E-state index in [9.17, 15) is 0 Å². The van der Waals surface area contributed by atoms with Gasteiger partial charge in [0.15, 0.2) is 0 Å². The van der Waals surface area contributed by atoms with Crippen molar-refractivity contribution in [3.63, 3.8) is 0 Å². The number of hydrogen-bond donors (Lipinski definition) is 0. The number of fused-ring (bicyclic) bond motifs is 1. The van der Waals surface area contributed by atoms with Crippen molar-refractivity contribution in [3.05, 3.63) is 34.3 Å². The molecule has 0 saturated carbocycles. The lowest BCUT2D eigenvalue weighted by molar-refractivity contribution is 0.200. The van der Waals surface area contributed by atoms with Crippen molar-refractivity contribution in [2.75, 3.05) is 13.7 Å². The van der Waals surface area contributed by atoms with Crippen LogP contribution in [-0.4, -0.2) is 23.1 Å². The molecule has 0 aliphatic rings. The average molecular weight is 269 g/mol. The van der Waals surface area contributed by atoms with Gasteiger partial charge in [-0.1, -0.05) is 6.07 Å². The van der Waals surface area contributed by atoms with E-state index in [0.717, 1.165) is 22.4 Å². The summed E-state index contributed by atoms with van der Waals surface area (Å²) in [6.45, 7) is 2.78. The lowest BCUT2D eigenvalue weighted by Crippen LogP contribution is -2.00. The lowest BCUT2D eigenvalue weighted by Gasteiger charge is -2.01. The summed E-state index contributed by atoms with van der Waals surface area (Å²) in [4.78, 5) is 4.49. The van der Waals surface area contributed by atoms with E-state index >= 15 is 0 Å². The van der Waals surface area contributed by atoms with Gasteiger partial charge in [0.1, 0.15) is 10.4 Å². The smallest absolute Gasteiger partial charge is 0.132 e. The summed E-state index contributed by atoms with van der Waals surface area (Å²) in [7, 11) is 1.70. The highest BCUT2D eigenvalue weighted by atomic mass is 79.9. The molecule has 0 radical (unpaired) electrons. The Labute approximate surface area is 97.2 Å². The molecule has 2 aromatic rings. The molecule has 0 spiro atoms. The van der Waals surface area contributed by atoms with Crippen LogP contribution >= 0.6 is 15.9 Å². The van der Waals surface area contributed by atoms with Crippen molar-refractivity contribution in [2.45, 2.75) is 13.3 Å². The Morgan fingerprint density at radius 1 is 1.53 bits per heavy atom. The first-order chi connectivity index (χ1) is 7.24. The molecule has 0 aromatic carbocycles. The van der Waals surface area contributed by atoms with Gasteiger partial charge < -0.3 is 9.14 Å². The van der Waals surface area contributed by atoms with Crippen LogP contribution in [0.1, 0.15) is 11.4 Å². The van der Waals surface area contributed by atoms with Gasteiger partial charge in [-0.25, -0.2) is 4.98 Å². The molecule has 0 amide bonds. The van der Waals surface area contributed by atoms with Crippen LogP contribution in [0.15, 0.2) is 22.9 Å². The molecule has 0 N–H and O–H groups in total. The van der Waals surface area contributed by atoms with Crippen molar-refractivity contribution in [2.24, 2.45) is 0 Å². The summed E-state index contributed by atoms with van der Waals surface area (Å²) in [5, 5.41) is 0. The van der Waals surface area contributed by atoms with E-state index in [1.807, 2.05) is 12.3 Å². The first-order valence-corrected chi connectivity index (χ1v) is 5.64. The number of halogens is 1. The normalized spacial score (nSPS) is 11.1. The van der Waals surface area contributed by atoms with Crippen molar-refractivity contribution in [3.8, 4) is 0 Å². The number of nitrogens with zero attached hydrogens (tertiary/aromatic N) is 2. The monoisotopic (exact) mass is 268 g/mol. The van der Waals surface area contributed by atoms with Gasteiger partial charge in [-0.2, -0.15) is 0 Å². The van der Waals surface area contributed by atoms with Crippen LogP contribution in [-0.2, 0) is 11.2 Å². The van der Waals surface area contributed by atoms with Gasteiger partial charge in [0.2, 0.25) is 0 Å². The number of methoxy groups -OCH3 is 1. The van der Waals surface area contributed by atoms with E-state index in [1.54, 1.807) is 7.11 Å². The average Bonchev–Trinajstić information content (AvgIpc) is 2.54. The highest BCUT2D eigenvalue weighted by Gasteiger charge is 2.09. The fourth-order valence-electron chi connectivity index (χ4n) is 1.68. The van der Waals surface area contributed by atoms with E-state index in [1.165, 1.54) is 5.56 Å². The van der Waals surface area contributed by atoms with Crippen LogP contribution in [0.2, 0.25) is 0 Å². The van der Waals surface area contributed by atoms with Gasteiger partial charge >= 0.3 is 0 Å². The van der Waals surface area contributed by atoms with Gasteiger partial charge in [-0.05, 0) is 34.5 Å². The molecule has 0 atom stereocenters. The van der Waals surface area contributed by atoms with Gasteiger partial charge in [0.25, 0.3) is 0 Å².